The molecule has 1 aromatic carbocycles. The molecule has 0 atom stereocenters. The number of esters is 1. The third-order valence-corrected chi connectivity index (χ3v) is 3.70. The maximum absolute atomic E-state index is 12.6. The van der Waals surface area contributed by atoms with Gasteiger partial charge in [0.05, 0.1) is 13.2 Å². The van der Waals surface area contributed by atoms with Crippen molar-refractivity contribution in [3.63, 3.8) is 0 Å². The topological polar surface area (TPSA) is 66.2 Å². The fraction of sp³-hybridized carbons (Fsp3) is 0.471. The minimum Gasteiger partial charge on any atom is -0.455 e. The summed E-state index contributed by atoms with van der Waals surface area (Å²) in [7, 11) is 1.70. The first-order chi connectivity index (χ1) is 10.9. The van der Waals surface area contributed by atoms with Gasteiger partial charge in [-0.05, 0) is 38.3 Å². The molecule has 0 amide bonds. The second kappa shape index (κ2) is 5.77. The number of ether oxygens (including phenoxy) is 2. The van der Waals surface area contributed by atoms with Crippen LogP contribution in [0.15, 0.2) is 18.2 Å². The number of aryl methyl sites for hydroxylation is 1. The number of hydrogen-bond acceptors (Lipinski definition) is 5. The number of carbonyl (C=O) groups is 1. The molecule has 0 saturated heterocycles. The van der Waals surface area contributed by atoms with Crippen LogP contribution in [0.1, 0.15) is 42.4 Å². The van der Waals surface area contributed by atoms with E-state index < -0.39 is 11.6 Å². The standard InChI is InChI=1S/C17H21N3O3/c1-17(2,3)23-16(21)15-14(18-19-20(15)4)13-7-5-6-11-10-22-9-8-12(11)13/h5-7H,8-10H2,1-4H3. The molecular weight excluding hydrogens is 294 g/mol. The minimum atomic E-state index is -0.567. The molecular formula is C17H21N3O3. The van der Waals surface area contributed by atoms with Crippen LogP contribution in [0.25, 0.3) is 11.3 Å². The Hall–Kier alpha value is -2.21. The summed E-state index contributed by atoms with van der Waals surface area (Å²) < 4.78 is 12.5. The van der Waals surface area contributed by atoms with Crippen molar-refractivity contribution in [3.05, 3.63) is 35.0 Å². The highest BCUT2D eigenvalue weighted by Gasteiger charge is 2.27. The number of rotatable bonds is 2. The van der Waals surface area contributed by atoms with Gasteiger partial charge in [0.25, 0.3) is 0 Å². The van der Waals surface area contributed by atoms with Gasteiger partial charge < -0.3 is 9.47 Å². The summed E-state index contributed by atoms with van der Waals surface area (Å²) in [6, 6.07) is 5.97. The van der Waals surface area contributed by atoms with Gasteiger partial charge in [0, 0.05) is 12.6 Å². The molecule has 6 heteroatoms. The Morgan fingerprint density at radius 3 is 2.87 bits per heavy atom. The van der Waals surface area contributed by atoms with Gasteiger partial charge in [-0.1, -0.05) is 23.4 Å². The molecule has 6 nitrogen and oxygen atoms in total. The van der Waals surface area contributed by atoms with Gasteiger partial charge in [-0.15, -0.1) is 5.10 Å². The molecule has 0 saturated carbocycles. The SMILES string of the molecule is Cn1nnc(-c2cccc3c2CCOC3)c1C(=O)OC(C)(C)C. The molecule has 2 heterocycles. The molecule has 1 aromatic heterocycles. The van der Waals surface area contributed by atoms with Crippen molar-refractivity contribution in [1.82, 2.24) is 15.0 Å². The zero-order valence-electron chi connectivity index (χ0n) is 13.9. The molecule has 0 aliphatic carbocycles. The van der Waals surface area contributed by atoms with Crippen LogP contribution in [0.4, 0.5) is 0 Å². The highest BCUT2D eigenvalue weighted by atomic mass is 16.6. The minimum absolute atomic E-state index is 0.375. The van der Waals surface area contributed by atoms with Gasteiger partial charge in [0.15, 0.2) is 5.69 Å². The zero-order chi connectivity index (χ0) is 16.6. The molecule has 1 aliphatic rings. The fourth-order valence-electron chi connectivity index (χ4n) is 2.74. The van der Waals surface area contributed by atoms with Gasteiger partial charge in [-0.25, -0.2) is 9.48 Å². The zero-order valence-corrected chi connectivity index (χ0v) is 13.9. The molecule has 0 spiro atoms. The van der Waals surface area contributed by atoms with Crippen molar-refractivity contribution in [1.29, 1.82) is 0 Å². The van der Waals surface area contributed by atoms with E-state index in [0.717, 1.165) is 17.5 Å². The summed E-state index contributed by atoms with van der Waals surface area (Å²) in [5.74, 6) is -0.412. The normalized spacial score (nSPS) is 14.4. The van der Waals surface area contributed by atoms with Crippen LogP contribution in [-0.4, -0.2) is 33.2 Å². The Kier molecular flexibility index (Phi) is 3.93. The smallest absolute Gasteiger partial charge is 0.359 e. The molecule has 0 radical (unpaired) electrons. The van der Waals surface area contributed by atoms with Crippen molar-refractivity contribution < 1.29 is 14.3 Å². The van der Waals surface area contributed by atoms with Crippen molar-refractivity contribution in [2.24, 2.45) is 7.05 Å². The van der Waals surface area contributed by atoms with E-state index in [1.807, 2.05) is 39.0 Å². The highest BCUT2D eigenvalue weighted by Crippen LogP contribution is 2.31. The fourth-order valence-corrected chi connectivity index (χ4v) is 2.74. The van der Waals surface area contributed by atoms with Gasteiger partial charge in [-0.2, -0.15) is 0 Å². The van der Waals surface area contributed by atoms with Crippen LogP contribution in [0.5, 0.6) is 0 Å². The Balaban J connectivity index is 2.07. The van der Waals surface area contributed by atoms with E-state index in [-0.39, 0.29) is 0 Å². The second-order valence-electron chi connectivity index (χ2n) is 6.66. The molecule has 122 valence electrons. The van der Waals surface area contributed by atoms with E-state index in [0.29, 0.717) is 24.6 Å². The van der Waals surface area contributed by atoms with Crippen molar-refractivity contribution >= 4 is 5.97 Å². The van der Waals surface area contributed by atoms with E-state index in [1.54, 1.807) is 7.05 Å². The summed E-state index contributed by atoms with van der Waals surface area (Å²) >= 11 is 0. The van der Waals surface area contributed by atoms with Gasteiger partial charge in [0.2, 0.25) is 0 Å². The number of carbonyl (C=O) groups excluding carboxylic acids is 1. The van der Waals surface area contributed by atoms with Crippen LogP contribution in [0, 0.1) is 0 Å². The third kappa shape index (κ3) is 3.12. The highest BCUT2D eigenvalue weighted by molar-refractivity contribution is 5.95. The molecule has 23 heavy (non-hydrogen) atoms. The lowest BCUT2D eigenvalue weighted by atomic mass is 9.94. The van der Waals surface area contributed by atoms with Crippen LogP contribution in [0.3, 0.4) is 0 Å². The average Bonchev–Trinajstić information content (AvgIpc) is 2.86. The molecule has 0 fully saturated rings. The summed E-state index contributed by atoms with van der Waals surface area (Å²) in [4.78, 5) is 12.6. The Morgan fingerprint density at radius 1 is 1.35 bits per heavy atom. The number of benzene rings is 1. The number of hydrogen-bond donors (Lipinski definition) is 0. The van der Waals surface area contributed by atoms with E-state index in [4.69, 9.17) is 9.47 Å². The average molecular weight is 315 g/mol. The molecule has 0 N–H and O–H groups in total. The first-order valence-corrected chi connectivity index (χ1v) is 7.69. The summed E-state index contributed by atoms with van der Waals surface area (Å²) in [6.07, 6.45) is 0.801. The summed E-state index contributed by atoms with van der Waals surface area (Å²) in [5.41, 5.74) is 3.61. The van der Waals surface area contributed by atoms with Gasteiger partial charge >= 0.3 is 5.97 Å². The maximum Gasteiger partial charge on any atom is 0.359 e. The maximum atomic E-state index is 12.6. The quantitative estimate of drug-likeness (QED) is 0.797. The van der Waals surface area contributed by atoms with Crippen LogP contribution in [-0.2, 0) is 29.5 Å². The summed E-state index contributed by atoms with van der Waals surface area (Å²) in [6.45, 7) is 6.79. The first-order valence-electron chi connectivity index (χ1n) is 7.69. The van der Waals surface area contributed by atoms with Crippen molar-refractivity contribution in [3.8, 4) is 11.3 Å². The third-order valence-electron chi connectivity index (χ3n) is 3.70. The molecule has 0 bridgehead atoms. The predicted octanol–water partition coefficient (Wildman–Crippen LogP) is 2.51. The van der Waals surface area contributed by atoms with Crippen LogP contribution < -0.4 is 0 Å². The lowest BCUT2D eigenvalue weighted by Gasteiger charge is -2.21. The molecule has 3 rings (SSSR count). The van der Waals surface area contributed by atoms with Gasteiger partial charge in [0.1, 0.15) is 11.3 Å². The van der Waals surface area contributed by atoms with E-state index in [2.05, 4.69) is 10.3 Å². The number of fused-ring (bicyclic) bond motifs is 1. The van der Waals surface area contributed by atoms with Crippen LogP contribution in [0.2, 0.25) is 0 Å². The van der Waals surface area contributed by atoms with E-state index in [1.165, 1.54) is 10.2 Å². The molecule has 1 aliphatic heterocycles. The van der Waals surface area contributed by atoms with E-state index >= 15 is 0 Å². The second-order valence-corrected chi connectivity index (χ2v) is 6.66. The van der Waals surface area contributed by atoms with Crippen LogP contribution >= 0.6 is 0 Å². The first kappa shape index (κ1) is 15.7. The summed E-state index contributed by atoms with van der Waals surface area (Å²) in [5, 5.41) is 8.24. The predicted molar refractivity (Wildman–Crippen MR) is 85.0 cm³/mol. The van der Waals surface area contributed by atoms with Crippen molar-refractivity contribution in [2.45, 2.75) is 39.4 Å². The molecule has 0 unspecified atom stereocenters. The Bertz CT molecular complexity index is 744. The monoisotopic (exact) mass is 315 g/mol. The number of aromatic nitrogens is 3. The molecule has 2 aromatic rings. The van der Waals surface area contributed by atoms with Gasteiger partial charge in [-0.3, -0.25) is 0 Å². The lowest BCUT2D eigenvalue weighted by Crippen LogP contribution is -2.25. The Labute approximate surface area is 135 Å². The lowest BCUT2D eigenvalue weighted by molar-refractivity contribution is 0.00585. The van der Waals surface area contributed by atoms with Crippen molar-refractivity contribution in [2.75, 3.05) is 6.61 Å². The Morgan fingerprint density at radius 2 is 2.13 bits per heavy atom. The van der Waals surface area contributed by atoms with E-state index in [9.17, 15) is 4.79 Å². The number of nitrogens with zero attached hydrogens (tertiary/aromatic N) is 3. The largest absolute Gasteiger partial charge is 0.455 e.